The second-order valence-electron chi connectivity index (χ2n) is 6.99. The van der Waals surface area contributed by atoms with Gasteiger partial charge >= 0.3 is 0 Å². The predicted octanol–water partition coefficient (Wildman–Crippen LogP) is 2.59. The zero-order valence-corrected chi connectivity index (χ0v) is 16.0. The van der Waals surface area contributed by atoms with E-state index in [0.29, 0.717) is 17.4 Å². The Morgan fingerprint density at radius 1 is 1.17 bits per heavy atom. The molecule has 0 bridgehead atoms. The number of ether oxygens (including phenoxy) is 1. The lowest BCUT2D eigenvalue weighted by Crippen LogP contribution is -2.46. The molecule has 0 aliphatic carbocycles. The number of sulfonamides is 1. The first-order chi connectivity index (χ1) is 11.3. The fraction of sp³-hybridized carbons (Fsp3) is 0.667. The van der Waals surface area contributed by atoms with Gasteiger partial charge in [0, 0.05) is 19.6 Å². The standard InChI is InChI=1S/C18H30N2O3S/c1-14(2)17-6-8-18(9-7-17)24(21,22)19-10-5-11-20-12-15(3)23-16(4)13-20/h6-9,14-16,19H,5,10-13H2,1-4H3. The number of hydrogen-bond acceptors (Lipinski definition) is 4. The SMILES string of the molecule is CC1CN(CCCNS(=O)(=O)c2ccc(C(C)C)cc2)CC(C)O1. The van der Waals surface area contributed by atoms with Crippen molar-refractivity contribution >= 4 is 10.0 Å². The van der Waals surface area contributed by atoms with Gasteiger partial charge in [-0.25, -0.2) is 13.1 Å². The van der Waals surface area contributed by atoms with Crippen molar-refractivity contribution in [3.8, 4) is 0 Å². The fourth-order valence-corrected chi connectivity index (χ4v) is 4.17. The summed E-state index contributed by atoms with van der Waals surface area (Å²) < 4.78 is 33.1. The zero-order valence-electron chi connectivity index (χ0n) is 15.2. The molecule has 136 valence electrons. The maximum Gasteiger partial charge on any atom is 0.240 e. The van der Waals surface area contributed by atoms with Crippen LogP contribution in [-0.4, -0.2) is 51.7 Å². The average molecular weight is 355 g/mol. The fourth-order valence-electron chi connectivity index (χ4n) is 3.09. The monoisotopic (exact) mass is 354 g/mol. The van der Waals surface area contributed by atoms with E-state index in [1.54, 1.807) is 12.1 Å². The molecule has 0 spiro atoms. The molecule has 2 atom stereocenters. The summed E-state index contributed by atoms with van der Waals surface area (Å²) in [4.78, 5) is 2.67. The minimum Gasteiger partial charge on any atom is -0.373 e. The third-order valence-corrected chi connectivity index (χ3v) is 5.77. The van der Waals surface area contributed by atoms with Gasteiger partial charge in [-0.1, -0.05) is 26.0 Å². The summed E-state index contributed by atoms with van der Waals surface area (Å²) >= 11 is 0. The Bertz CT molecular complexity index is 604. The van der Waals surface area contributed by atoms with Crippen molar-refractivity contribution in [1.29, 1.82) is 0 Å². The molecule has 5 nitrogen and oxygen atoms in total. The van der Waals surface area contributed by atoms with Crippen LogP contribution in [-0.2, 0) is 14.8 Å². The summed E-state index contributed by atoms with van der Waals surface area (Å²) in [6.45, 7) is 11.5. The van der Waals surface area contributed by atoms with Crippen LogP contribution in [0.5, 0.6) is 0 Å². The van der Waals surface area contributed by atoms with Gasteiger partial charge < -0.3 is 4.74 Å². The molecule has 2 rings (SSSR count). The van der Waals surface area contributed by atoms with Crippen molar-refractivity contribution < 1.29 is 13.2 Å². The molecule has 0 radical (unpaired) electrons. The van der Waals surface area contributed by atoms with Crippen LogP contribution < -0.4 is 4.72 Å². The Balaban J connectivity index is 1.80. The lowest BCUT2D eigenvalue weighted by molar-refractivity contribution is -0.0679. The van der Waals surface area contributed by atoms with Crippen LogP contribution in [0.25, 0.3) is 0 Å². The highest BCUT2D eigenvalue weighted by molar-refractivity contribution is 7.89. The van der Waals surface area contributed by atoms with Gasteiger partial charge in [0.05, 0.1) is 17.1 Å². The molecular formula is C18H30N2O3S. The number of nitrogens with one attached hydrogen (secondary N) is 1. The molecule has 2 unspecified atom stereocenters. The van der Waals surface area contributed by atoms with E-state index in [1.165, 1.54) is 0 Å². The van der Waals surface area contributed by atoms with Gasteiger partial charge in [-0.05, 0) is 50.4 Å². The Labute approximate surface area is 146 Å². The zero-order chi connectivity index (χ0) is 17.7. The summed E-state index contributed by atoms with van der Waals surface area (Å²) in [5.41, 5.74) is 1.14. The molecule has 1 aliphatic heterocycles. The van der Waals surface area contributed by atoms with Crippen LogP contribution >= 0.6 is 0 Å². The van der Waals surface area contributed by atoms with Gasteiger partial charge in [0.25, 0.3) is 0 Å². The number of benzene rings is 1. The molecule has 1 heterocycles. The molecule has 0 saturated carbocycles. The molecule has 1 aliphatic rings. The van der Waals surface area contributed by atoms with Crippen molar-refractivity contribution in [3.63, 3.8) is 0 Å². The summed E-state index contributed by atoms with van der Waals surface area (Å²) in [7, 11) is -3.42. The lowest BCUT2D eigenvalue weighted by atomic mass is 10.0. The summed E-state index contributed by atoms with van der Waals surface area (Å²) in [6.07, 6.45) is 1.28. The molecule has 1 N–H and O–H groups in total. The van der Waals surface area contributed by atoms with E-state index >= 15 is 0 Å². The number of hydrogen-bond donors (Lipinski definition) is 1. The van der Waals surface area contributed by atoms with E-state index < -0.39 is 10.0 Å². The van der Waals surface area contributed by atoms with Crippen LogP contribution in [0.4, 0.5) is 0 Å². The largest absolute Gasteiger partial charge is 0.373 e. The highest BCUT2D eigenvalue weighted by Crippen LogP contribution is 2.17. The minimum absolute atomic E-state index is 0.241. The van der Waals surface area contributed by atoms with Crippen molar-refractivity contribution in [3.05, 3.63) is 29.8 Å². The quantitative estimate of drug-likeness (QED) is 0.765. The van der Waals surface area contributed by atoms with Crippen molar-refractivity contribution in [1.82, 2.24) is 9.62 Å². The number of rotatable bonds is 7. The summed E-state index contributed by atoms with van der Waals surface area (Å²) in [5.74, 6) is 0.396. The minimum atomic E-state index is -3.42. The van der Waals surface area contributed by atoms with E-state index in [9.17, 15) is 8.42 Å². The summed E-state index contributed by atoms with van der Waals surface area (Å²) in [5, 5.41) is 0. The van der Waals surface area contributed by atoms with E-state index in [2.05, 4.69) is 37.3 Å². The molecule has 0 aromatic heterocycles. The first kappa shape index (κ1) is 19.4. The maximum absolute atomic E-state index is 12.3. The predicted molar refractivity (Wildman–Crippen MR) is 96.8 cm³/mol. The average Bonchev–Trinajstić information content (AvgIpc) is 2.51. The molecule has 1 saturated heterocycles. The molecule has 6 heteroatoms. The van der Waals surface area contributed by atoms with Gasteiger partial charge in [-0.2, -0.15) is 0 Å². The first-order valence-corrected chi connectivity index (χ1v) is 10.2. The smallest absolute Gasteiger partial charge is 0.240 e. The highest BCUT2D eigenvalue weighted by atomic mass is 32.2. The van der Waals surface area contributed by atoms with Crippen LogP contribution in [0, 0.1) is 0 Å². The summed E-state index contributed by atoms with van der Waals surface area (Å²) in [6, 6.07) is 7.14. The normalized spacial score (nSPS) is 22.9. The van der Waals surface area contributed by atoms with Gasteiger partial charge in [0.15, 0.2) is 0 Å². The maximum atomic E-state index is 12.3. The van der Waals surface area contributed by atoms with Crippen LogP contribution in [0.1, 0.15) is 45.6 Å². The van der Waals surface area contributed by atoms with Crippen molar-refractivity contribution in [2.45, 2.75) is 57.1 Å². The molecular weight excluding hydrogens is 324 g/mol. The third-order valence-electron chi connectivity index (χ3n) is 4.30. The Morgan fingerprint density at radius 3 is 2.29 bits per heavy atom. The topological polar surface area (TPSA) is 58.6 Å². The number of morpholine rings is 1. The Morgan fingerprint density at radius 2 is 1.75 bits per heavy atom. The van der Waals surface area contributed by atoms with Gasteiger partial charge in [0.2, 0.25) is 10.0 Å². The molecule has 0 amide bonds. The van der Waals surface area contributed by atoms with Gasteiger partial charge in [0.1, 0.15) is 0 Å². The van der Waals surface area contributed by atoms with E-state index in [0.717, 1.165) is 31.6 Å². The molecule has 1 aromatic rings. The highest BCUT2D eigenvalue weighted by Gasteiger charge is 2.21. The Kier molecular flexibility index (Phi) is 6.80. The van der Waals surface area contributed by atoms with Crippen LogP contribution in [0.15, 0.2) is 29.2 Å². The van der Waals surface area contributed by atoms with Gasteiger partial charge in [-0.15, -0.1) is 0 Å². The molecule has 1 aromatic carbocycles. The van der Waals surface area contributed by atoms with Crippen LogP contribution in [0.2, 0.25) is 0 Å². The van der Waals surface area contributed by atoms with Gasteiger partial charge in [-0.3, -0.25) is 4.90 Å². The second-order valence-corrected chi connectivity index (χ2v) is 8.76. The molecule has 1 fully saturated rings. The second kappa shape index (κ2) is 8.43. The molecule has 24 heavy (non-hydrogen) atoms. The first-order valence-electron chi connectivity index (χ1n) is 8.75. The van der Waals surface area contributed by atoms with Crippen molar-refractivity contribution in [2.75, 3.05) is 26.2 Å². The Hall–Kier alpha value is -0.950. The van der Waals surface area contributed by atoms with Crippen molar-refractivity contribution in [2.24, 2.45) is 0 Å². The third kappa shape index (κ3) is 5.55. The van der Waals surface area contributed by atoms with Crippen LogP contribution in [0.3, 0.4) is 0 Å². The number of nitrogens with zero attached hydrogens (tertiary/aromatic N) is 1. The van der Waals surface area contributed by atoms with E-state index in [1.807, 2.05) is 12.1 Å². The lowest BCUT2D eigenvalue weighted by Gasteiger charge is -2.35. The van der Waals surface area contributed by atoms with E-state index in [-0.39, 0.29) is 12.2 Å². The van der Waals surface area contributed by atoms with E-state index in [4.69, 9.17) is 4.74 Å².